The highest BCUT2D eigenvalue weighted by Crippen LogP contribution is 2.44. The molecule has 0 radical (unpaired) electrons. The molecule has 0 nitrogen and oxygen atoms in total. The van der Waals surface area contributed by atoms with Gasteiger partial charge in [0.15, 0.2) is 17.5 Å². The van der Waals surface area contributed by atoms with E-state index in [-0.39, 0.29) is 0 Å². The van der Waals surface area contributed by atoms with E-state index in [0.29, 0.717) is 17.0 Å². The number of hydrogen-bond donors (Lipinski definition) is 0. The minimum Gasteiger partial charge on any atom is -0.204 e. The lowest BCUT2D eigenvalue weighted by Gasteiger charge is -2.38. The molecule has 2 aromatic rings. The normalized spacial score (nSPS) is 27.7. The molecule has 2 aliphatic rings. The van der Waals surface area contributed by atoms with E-state index in [2.05, 4.69) is 19.1 Å². The van der Waals surface area contributed by atoms with Gasteiger partial charge in [-0.2, -0.15) is 0 Å². The van der Waals surface area contributed by atoms with Crippen LogP contribution in [-0.2, 0) is 0 Å². The molecule has 0 bridgehead atoms. The van der Waals surface area contributed by atoms with Crippen LogP contribution in [0.4, 0.5) is 13.2 Å². The van der Waals surface area contributed by atoms with Gasteiger partial charge in [-0.1, -0.05) is 50.5 Å². The lowest BCUT2D eigenvalue weighted by atomic mass is 9.68. The van der Waals surface area contributed by atoms with E-state index in [1.807, 2.05) is 12.1 Å². The van der Waals surface area contributed by atoms with Gasteiger partial charge >= 0.3 is 0 Å². The average molecular weight is 401 g/mol. The number of benzene rings is 2. The molecule has 2 saturated carbocycles. The third kappa shape index (κ3) is 4.54. The summed E-state index contributed by atoms with van der Waals surface area (Å²) in [6.07, 6.45) is 12.1. The average Bonchev–Trinajstić information content (AvgIpc) is 2.77. The molecule has 0 atom stereocenters. The number of halogens is 3. The third-order valence-corrected chi connectivity index (χ3v) is 7.61. The largest absolute Gasteiger partial charge is 0.204 e. The zero-order valence-electron chi connectivity index (χ0n) is 17.3. The Balaban J connectivity index is 1.36. The van der Waals surface area contributed by atoms with Crippen molar-refractivity contribution in [2.75, 3.05) is 0 Å². The van der Waals surface area contributed by atoms with Gasteiger partial charge in [-0.05, 0) is 91.0 Å². The summed E-state index contributed by atoms with van der Waals surface area (Å²) in [5.74, 6) is -0.327. The molecule has 0 spiro atoms. The standard InChI is InChI=1S/C26H31F3/c1-2-17-3-5-18(6-4-17)19-7-9-20(10-8-19)21-11-13-22(14-12-21)23-15-24(27)26(29)25(28)16-23/h11-20H,2-10H2,1H3/t17-,18-,19?,20?. The second-order valence-electron chi connectivity index (χ2n) is 9.18. The summed E-state index contributed by atoms with van der Waals surface area (Å²) >= 11 is 0. The number of hydrogen-bond acceptors (Lipinski definition) is 0. The quantitative estimate of drug-likeness (QED) is 0.453. The molecule has 3 heteroatoms. The first-order valence-corrected chi connectivity index (χ1v) is 11.3. The summed E-state index contributed by atoms with van der Waals surface area (Å²) in [6.45, 7) is 2.32. The molecule has 0 heterocycles. The SMILES string of the molecule is CC[C@H]1CC[C@H](C2CCC(c3ccc(-c4cc(F)c(F)c(F)c4)cc3)CC2)CC1. The Hall–Kier alpha value is -1.77. The van der Waals surface area contributed by atoms with Crippen LogP contribution in [0.5, 0.6) is 0 Å². The van der Waals surface area contributed by atoms with E-state index in [1.165, 1.54) is 63.4 Å². The van der Waals surface area contributed by atoms with Crippen LogP contribution in [-0.4, -0.2) is 0 Å². The second-order valence-corrected chi connectivity index (χ2v) is 9.18. The summed E-state index contributed by atoms with van der Waals surface area (Å²) in [7, 11) is 0. The maximum Gasteiger partial charge on any atom is 0.194 e. The Morgan fingerprint density at radius 2 is 1.21 bits per heavy atom. The molecule has 2 aliphatic carbocycles. The van der Waals surface area contributed by atoms with Gasteiger partial charge in [0, 0.05) is 0 Å². The Morgan fingerprint density at radius 3 is 1.72 bits per heavy atom. The third-order valence-electron chi connectivity index (χ3n) is 7.61. The first-order valence-electron chi connectivity index (χ1n) is 11.3. The lowest BCUT2D eigenvalue weighted by molar-refractivity contribution is 0.158. The Bertz CT molecular complexity index is 787. The predicted molar refractivity (Wildman–Crippen MR) is 112 cm³/mol. The molecule has 4 rings (SSSR count). The van der Waals surface area contributed by atoms with Crippen LogP contribution in [0.2, 0.25) is 0 Å². The van der Waals surface area contributed by atoms with Crippen LogP contribution >= 0.6 is 0 Å². The maximum atomic E-state index is 13.5. The molecule has 0 aromatic heterocycles. The van der Waals surface area contributed by atoms with Gasteiger partial charge in [0.2, 0.25) is 0 Å². The fraction of sp³-hybridized carbons (Fsp3) is 0.538. The van der Waals surface area contributed by atoms with Crippen molar-refractivity contribution in [1.29, 1.82) is 0 Å². The first-order chi connectivity index (χ1) is 14.0. The van der Waals surface area contributed by atoms with Crippen LogP contribution in [0.25, 0.3) is 11.1 Å². The van der Waals surface area contributed by atoms with Crippen molar-refractivity contribution >= 4 is 0 Å². The molecule has 2 aromatic carbocycles. The molecule has 2 fully saturated rings. The van der Waals surface area contributed by atoms with Crippen molar-refractivity contribution < 1.29 is 13.2 Å². The Labute approximate surface area is 172 Å². The Kier molecular flexibility index (Phi) is 6.32. The maximum absolute atomic E-state index is 13.5. The molecule has 0 saturated heterocycles. The molecule has 0 N–H and O–H groups in total. The summed E-state index contributed by atoms with van der Waals surface area (Å²) in [5, 5.41) is 0. The summed E-state index contributed by atoms with van der Waals surface area (Å²) in [6, 6.07) is 10.1. The van der Waals surface area contributed by atoms with Crippen molar-refractivity contribution in [3.63, 3.8) is 0 Å². The first kappa shape index (κ1) is 20.5. The van der Waals surface area contributed by atoms with Gasteiger partial charge < -0.3 is 0 Å². The number of rotatable bonds is 4. The van der Waals surface area contributed by atoms with Crippen molar-refractivity contribution in [3.8, 4) is 11.1 Å². The molecular formula is C26H31F3. The summed E-state index contributed by atoms with van der Waals surface area (Å²) in [4.78, 5) is 0. The fourth-order valence-electron chi connectivity index (χ4n) is 5.66. The van der Waals surface area contributed by atoms with Crippen LogP contribution in [0, 0.1) is 35.2 Å². The van der Waals surface area contributed by atoms with Crippen molar-refractivity contribution in [2.45, 2.75) is 70.6 Å². The predicted octanol–water partition coefficient (Wildman–Crippen LogP) is 8.26. The molecule has 156 valence electrons. The van der Waals surface area contributed by atoms with E-state index in [0.717, 1.165) is 29.9 Å². The Morgan fingerprint density at radius 1 is 0.690 bits per heavy atom. The summed E-state index contributed by atoms with van der Waals surface area (Å²) < 4.78 is 40.2. The minimum absolute atomic E-state index is 0.374. The van der Waals surface area contributed by atoms with Gasteiger partial charge in [-0.25, -0.2) is 13.2 Å². The van der Waals surface area contributed by atoms with Gasteiger partial charge in [0.1, 0.15) is 0 Å². The van der Waals surface area contributed by atoms with Gasteiger partial charge in [0.05, 0.1) is 0 Å². The van der Waals surface area contributed by atoms with Crippen LogP contribution in [0.3, 0.4) is 0 Å². The van der Waals surface area contributed by atoms with Crippen molar-refractivity contribution in [3.05, 3.63) is 59.4 Å². The lowest BCUT2D eigenvalue weighted by Crippen LogP contribution is -2.25. The molecule has 0 unspecified atom stereocenters. The van der Waals surface area contributed by atoms with Gasteiger partial charge in [0.25, 0.3) is 0 Å². The van der Waals surface area contributed by atoms with Crippen LogP contribution in [0.15, 0.2) is 36.4 Å². The second kappa shape index (κ2) is 8.93. The van der Waals surface area contributed by atoms with Gasteiger partial charge in [-0.15, -0.1) is 0 Å². The van der Waals surface area contributed by atoms with E-state index in [4.69, 9.17) is 0 Å². The van der Waals surface area contributed by atoms with Crippen LogP contribution in [0.1, 0.15) is 76.2 Å². The summed E-state index contributed by atoms with van der Waals surface area (Å²) in [5.41, 5.74) is 2.40. The molecule has 0 aliphatic heterocycles. The smallest absolute Gasteiger partial charge is 0.194 e. The molecule has 29 heavy (non-hydrogen) atoms. The fourth-order valence-corrected chi connectivity index (χ4v) is 5.66. The van der Waals surface area contributed by atoms with E-state index in [1.54, 1.807) is 0 Å². The van der Waals surface area contributed by atoms with Gasteiger partial charge in [-0.3, -0.25) is 0 Å². The zero-order chi connectivity index (χ0) is 20.4. The molecular weight excluding hydrogens is 369 g/mol. The zero-order valence-corrected chi connectivity index (χ0v) is 17.3. The highest BCUT2D eigenvalue weighted by atomic mass is 19.2. The molecule has 0 amide bonds. The monoisotopic (exact) mass is 400 g/mol. The van der Waals surface area contributed by atoms with E-state index >= 15 is 0 Å². The van der Waals surface area contributed by atoms with E-state index in [9.17, 15) is 13.2 Å². The van der Waals surface area contributed by atoms with Crippen molar-refractivity contribution in [2.24, 2.45) is 17.8 Å². The topological polar surface area (TPSA) is 0 Å². The highest BCUT2D eigenvalue weighted by molar-refractivity contribution is 5.64. The minimum atomic E-state index is -1.41. The van der Waals surface area contributed by atoms with E-state index < -0.39 is 17.5 Å². The van der Waals surface area contributed by atoms with Crippen molar-refractivity contribution in [1.82, 2.24) is 0 Å². The highest BCUT2D eigenvalue weighted by Gasteiger charge is 2.30. The van der Waals surface area contributed by atoms with Crippen LogP contribution < -0.4 is 0 Å².